The van der Waals surface area contributed by atoms with Crippen LogP contribution in [-0.2, 0) is 13.1 Å². The lowest BCUT2D eigenvalue weighted by atomic mass is 10.2. The normalized spacial score (nSPS) is 13.5. The summed E-state index contributed by atoms with van der Waals surface area (Å²) in [6.07, 6.45) is 1.18. The van der Waals surface area contributed by atoms with Crippen molar-refractivity contribution in [2.75, 3.05) is 6.54 Å². The summed E-state index contributed by atoms with van der Waals surface area (Å²) in [6.45, 7) is 13.8. The van der Waals surface area contributed by atoms with E-state index in [1.54, 1.807) is 0 Å². The maximum absolute atomic E-state index is 5.86. The number of hydrogen-bond acceptors (Lipinski definition) is 3. The second-order valence-corrected chi connectivity index (χ2v) is 5.22. The van der Waals surface area contributed by atoms with Crippen LogP contribution >= 0.6 is 0 Å². The Morgan fingerprint density at radius 1 is 1.17 bits per heavy atom. The van der Waals surface area contributed by atoms with Crippen LogP contribution in [0, 0.1) is 0 Å². The molecule has 0 fully saturated rings. The minimum Gasteiger partial charge on any atom is -0.463 e. The van der Waals surface area contributed by atoms with Gasteiger partial charge in [0.1, 0.15) is 11.5 Å². The summed E-state index contributed by atoms with van der Waals surface area (Å²) in [5.41, 5.74) is 0. The monoisotopic (exact) mass is 252 g/mol. The zero-order chi connectivity index (χ0) is 13.5. The van der Waals surface area contributed by atoms with Crippen LogP contribution in [0.15, 0.2) is 16.5 Å². The van der Waals surface area contributed by atoms with Gasteiger partial charge >= 0.3 is 0 Å². The van der Waals surface area contributed by atoms with E-state index in [9.17, 15) is 0 Å². The first-order valence-electron chi connectivity index (χ1n) is 7.11. The Hall–Kier alpha value is -0.800. The molecule has 0 radical (unpaired) electrons. The molecule has 1 rings (SSSR count). The molecule has 1 unspecified atom stereocenters. The van der Waals surface area contributed by atoms with E-state index in [0.717, 1.165) is 31.2 Å². The lowest BCUT2D eigenvalue weighted by Crippen LogP contribution is -2.31. The van der Waals surface area contributed by atoms with Gasteiger partial charge in [-0.3, -0.25) is 4.90 Å². The molecule has 0 aliphatic carbocycles. The van der Waals surface area contributed by atoms with Crippen molar-refractivity contribution in [3.63, 3.8) is 0 Å². The van der Waals surface area contributed by atoms with Crippen molar-refractivity contribution in [3.05, 3.63) is 23.7 Å². The van der Waals surface area contributed by atoms with Crippen LogP contribution in [0.2, 0.25) is 0 Å². The second-order valence-electron chi connectivity index (χ2n) is 5.22. The average Bonchev–Trinajstić information content (AvgIpc) is 2.80. The highest BCUT2D eigenvalue weighted by molar-refractivity contribution is 5.07. The zero-order valence-corrected chi connectivity index (χ0v) is 12.5. The highest BCUT2D eigenvalue weighted by atomic mass is 16.3. The first-order valence-corrected chi connectivity index (χ1v) is 7.11. The Morgan fingerprint density at radius 2 is 1.83 bits per heavy atom. The lowest BCUT2D eigenvalue weighted by molar-refractivity contribution is 0.189. The standard InChI is InChI=1S/C15H28N2O/c1-6-13(5)17(7-2)11-15-9-8-14(18-15)10-16-12(3)4/h8-9,12-13,16H,6-7,10-11H2,1-5H3. The molecule has 0 amide bonds. The van der Waals surface area contributed by atoms with Crippen LogP contribution in [-0.4, -0.2) is 23.5 Å². The topological polar surface area (TPSA) is 28.4 Å². The van der Waals surface area contributed by atoms with E-state index in [2.05, 4.69) is 57.0 Å². The van der Waals surface area contributed by atoms with Crippen LogP contribution in [0.1, 0.15) is 52.6 Å². The Balaban J connectivity index is 2.51. The Bertz CT molecular complexity index is 333. The highest BCUT2D eigenvalue weighted by Crippen LogP contribution is 2.13. The Labute approximate surface area is 112 Å². The molecule has 0 bridgehead atoms. The third-order valence-electron chi connectivity index (χ3n) is 3.38. The largest absolute Gasteiger partial charge is 0.463 e. The van der Waals surface area contributed by atoms with Crippen LogP contribution in [0.5, 0.6) is 0 Å². The summed E-state index contributed by atoms with van der Waals surface area (Å²) in [5, 5.41) is 3.37. The van der Waals surface area contributed by atoms with E-state index < -0.39 is 0 Å². The Morgan fingerprint density at radius 3 is 2.39 bits per heavy atom. The quantitative estimate of drug-likeness (QED) is 0.768. The highest BCUT2D eigenvalue weighted by Gasteiger charge is 2.12. The average molecular weight is 252 g/mol. The fourth-order valence-corrected chi connectivity index (χ4v) is 1.94. The zero-order valence-electron chi connectivity index (χ0n) is 12.5. The van der Waals surface area contributed by atoms with Crippen molar-refractivity contribution in [1.82, 2.24) is 10.2 Å². The van der Waals surface area contributed by atoms with Crippen molar-refractivity contribution in [2.45, 2.75) is 66.2 Å². The summed E-state index contributed by atoms with van der Waals surface area (Å²) in [6, 6.07) is 5.28. The van der Waals surface area contributed by atoms with E-state index in [0.29, 0.717) is 12.1 Å². The molecule has 0 saturated carbocycles. The van der Waals surface area contributed by atoms with Crippen LogP contribution < -0.4 is 5.32 Å². The van der Waals surface area contributed by atoms with Crippen molar-refractivity contribution in [2.24, 2.45) is 0 Å². The van der Waals surface area contributed by atoms with Crippen molar-refractivity contribution in [3.8, 4) is 0 Å². The molecule has 18 heavy (non-hydrogen) atoms. The summed E-state index contributed by atoms with van der Waals surface area (Å²) in [4.78, 5) is 2.44. The maximum Gasteiger partial charge on any atom is 0.118 e. The van der Waals surface area contributed by atoms with Gasteiger partial charge in [-0.1, -0.05) is 27.7 Å². The van der Waals surface area contributed by atoms with Gasteiger partial charge < -0.3 is 9.73 Å². The minimum absolute atomic E-state index is 0.491. The molecule has 0 aromatic carbocycles. The van der Waals surface area contributed by atoms with Gasteiger partial charge in [0.15, 0.2) is 0 Å². The van der Waals surface area contributed by atoms with E-state index in [4.69, 9.17) is 4.42 Å². The fourth-order valence-electron chi connectivity index (χ4n) is 1.94. The van der Waals surface area contributed by atoms with Gasteiger partial charge in [-0.15, -0.1) is 0 Å². The first kappa shape index (κ1) is 15.3. The molecular formula is C15H28N2O. The van der Waals surface area contributed by atoms with Crippen LogP contribution in [0.3, 0.4) is 0 Å². The number of hydrogen-bond donors (Lipinski definition) is 1. The van der Waals surface area contributed by atoms with Crippen molar-refractivity contribution >= 4 is 0 Å². The summed E-state index contributed by atoms with van der Waals surface area (Å²) in [5.74, 6) is 2.09. The number of nitrogens with one attached hydrogen (secondary N) is 1. The minimum atomic E-state index is 0.491. The summed E-state index contributed by atoms with van der Waals surface area (Å²) in [7, 11) is 0. The summed E-state index contributed by atoms with van der Waals surface area (Å²) < 4.78 is 5.86. The maximum atomic E-state index is 5.86. The molecule has 0 saturated heterocycles. The third-order valence-corrected chi connectivity index (χ3v) is 3.38. The van der Waals surface area contributed by atoms with Gasteiger partial charge in [-0.2, -0.15) is 0 Å². The Kier molecular flexibility index (Phi) is 6.44. The van der Waals surface area contributed by atoms with Gasteiger partial charge in [0.25, 0.3) is 0 Å². The van der Waals surface area contributed by atoms with Crippen molar-refractivity contribution < 1.29 is 4.42 Å². The molecular weight excluding hydrogens is 224 g/mol. The fraction of sp³-hybridized carbons (Fsp3) is 0.733. The smallest absolute Gasteiger partial charge is 0.118 e. The van der Waals surface area contributed by atoms with Gasteiger partial charge in [0.05, 0.1) is 13.1 Å². The van der Waals surface area contributed by atoms with Gasteiger partial charge in [-0.05, 0) is 32.0 Å². The molecule has 1 heterocycles. The predicted molar refractivity (Wildman–Crippen MR) is 76.5 cm³/mol. The van der Waals surface area contributed by atoms with Gasteiger partial charge in [0.2, 0.25) is 0 Å². The number of rotatable bonds is 8. The van der Waals surface area contributed by atoms with Gasteiger partial charge in [0, 0.05) is 12.1 Å². The lowest BCUT2D eigenvalue weighted by Gasteiger charge is -2.25. The van der Waals surface area contributed by atoms with Gasteiger partial charge in [-0.25, -0.2) is 0 Å². The molecule has 104 valence electrons. The molecule has 1 aromatic heterocycles. The molecule has 0 aliphatic rings. The van der Waals surface area contributed by atoms with E-state index in [-0.39, 0.29) is 0 Å². The molecule has 0 spiro atoms. The van der Waals surface area contributed by atoms with Crippen LogP contribution in [0.25, 0.3) is 0 Å². The number of furan rings is 1. The SMILES string of the molecule is CCC(C)N(CC)Cc1ccc(CNC(C)C)o1. The van der Waals surface area contributed by atoms with Crippen LogP contribution in [0.4, 0.5) is 0 Å². The second kappa shape index (κ2) is 7.59. The summed E-state index contributed by atoms with van der Waals surface area (Å²) >= 11 is 0. The third kappa shape index (κ3) is 4.83. The molecule has 3 heteroatoms. The molecule has 1 N–H and O–H groups in total. The predicted octanol–water partition coefficient (Wildman–Crippen LogP) is 3.40. The van der Waals surface area contributed by atoms with E-state index >= 15 is 0 Å². The molecule has 1 aromatic rings. The van der Waals surface area contributed by atoms with E-state index in [1.807, 2.05) is 0 Å². The van der Waals surface area contributed by atoms with E-state index in [1.165, 1.54) is 6.42 Å². The molecule has 0 aliphatic heterocycles. The molecule has 1 atom stereocenters. The number of nitrogens with zero attached hydrogens (tertiary/aromatic N) is 1. The first-order chi connectivity index (χ1) is 8.56. The molecule has 3 nitrogen and oxygen atoms in total. The van der Waals surface area contributed by atoms with Crippen molar-refractivity contribution in [1.29, 1.82) is 0 Å².